The summed E-state index contributed by atoms with van der Waals surface area (Å²) in [6.45, 7) is 1.61. The van der Waals surface area contributed by atoms with Crippen LogP contribution in [-0.4, -0.2) is 9.97 Å². The maximum absolute atomic E-state index is 4.30. The van der Waals surface area contributed by atoms with Gasteiger partial charge in [0.2, 0.25) is 0 Å². The summed E-state index contributed by atoms with van der Waals surface area (Å²) in [5.74, 6) is 0. The second-order valence-corrected chi connectivity index (χ2v) is 4.44. The van der Waals surface area contributed by atoms with E-state index in [4.69, 9.17) is 0 Å². The van der Waals surface area contributed by atoms with Crippen LogP contribution in [0.25, 0.3) is 10.8 Å². The molecular weight excluding hydrogens is 234 g/mol. The van der Waals surface area contributed by atoms with E-state index in [0.717, 1.165) is 18.8 Å². The maximum Gasteiger partial charge on any atom is 0.0541 e. The molecular formula is C16H15N3. The molecule has 1 aromatic carbocycles. The van der Waals surface area contributed by atoms with Crippen LogP contribution in [0.4, 0.5) is 0 Å². The highest BCUT2D eigenvalue weighted by Gasteiger charge is 2.00. The van der Waals surface area contributed by atoms with Gasteiger partial charge in [-0.05, 0) is 29.1 Å². The minimum absolute atomic E-state index is 0.780. The molecule has 1 N–H and O–H groups in total. The Balaban J connectivity index is 1.72. The van der Waals surface area contributed by atoms with Crippen LogP contribution in [0, 0.1) is 0 Å². The first-order chi connectivity index (χ1) is 9.43. The Morgan fingerprint density at radius 3 is 2.79 bits per heavy atom. The van der Waals surface area contributed by atoms with Gasteiger partial charge >= 0.3 is 0 Å². The van der Waals surface area contributed by atoms with Crippen molar-refractivity contribution in [2.75, 3.05) is 0 Å². The molecule has 19 heavy (non-hydrogen) atoms. The van der Waals surface area contributed by atoms with E-state index >= 15 is 0 Å². The van der Waals surface area contributed by atoms with Crippen LogP contribution in [0.2, 0.25) is 0 Å². The summed E-state index contributed by atoms with van der Waals surface area (Å²) < 4.78 is 0. The molecule has 3 nitrogen and oxygen atoms in total. The smallest absolute Gasteiger partial charge is 0.0541 e. The van der Waals surface area contributed by atoms with Gasteiger partial charge in [0.25, 0.3) is 0 Å². The van der Waals surface area contributed by atoms with E-state index in [-0.39, 0.29) is 0 Å². The molecule has 3 heteroatoms. The summed E-state index contributed by atoms with van der Waals surface area (Å²) in [5, 5.41) is 5.86. The van der Waals surface area contributed by atoms with Crippen LogP contribution >= 0.6 is 0 Å². The van der Waals surface area contributed by atoms with E-state index in [1.165, 1.54) is 16.3 Å². The molecule has 3 aromatic rings. The van der Waals surface area contributed by atoms with Crippen LogP contribution in [0.1, 0.15) is 11.3 Å². The third kappa shape index (κ3) is 2.77. The largest absolute Gasteiger partial charge is 0.307 e. The van der Waals surface area contributed by atoms with Crippen molar-refractivity contribution in [2.24, 2.45) is 0 Å². The third-order valence-electron chi connectivity index (χ3n) is 3.12. The average molecular weight is 249 g/mol. The molecule has 2 heterocycles. The summed E-state index contributed by atoms with van der Waals surface area (Å²) >= 11 is 0. The monoisotopic (exact) mass is 249 g/mol. The number of pyridine rings is 2. The fourth-order valence-electron chi connectivity index (χ4n) is 2.17. The predicted molar refractivity (Wildman–Crippen MR) is 76.5 cm³/mol. The lowest BCUT2D eigenvalue weighted by molar-refractivity contribution is 0.682. The van der Waals surface area contributed by atoms with Gasteiger partial charge in [-0.25, -0.2) is 0 Å². The van der Waals surface area contributed by atoms with Gasteiger partial charge in [-0.1, -0.05) is 24.3 Å². The van der Waals surface area contributed by atoms with Gasteiger partial charge in [0, 0.05) is 37.1 Å². The maximum atomic E-state index is 4.30. The van der Waals surface area contributed by atoms with Gasteiger partial charge < -0.3 is 5.32 Å². The van der Waals surface area contributed by atoms with Crippen molar-refractivity contribution in [3.63, 3.8) is 0 Å². The molecule has 0 radical (unpaired) electrons. The van der Waals surface area contributed by atoms with Crippen LogP contribution in [0.15, 0.2) is 61.1 Å². The highest BCUT2D eigenvalue weighted by molar-refractivity contribution is 5.84. The molecule has 0 spiro atoms. The van der Waals surface area contributed by atoms with Crippen LogP contribution in [-0.2, 0) is 13.1 Å². The zero-order chi connectivity index (χ0) is 12.9. The Hall–Kier alpha value is -2.26. The van der Waals surface area contributed by atoms with Crippen LogP contribution < -0.4 is 5.32 Å². The fourth-order valence-corrected chi connectivity index (χ4v) is 2.17. The van der Waals surface area contributed by atoms with E-state index in [1.807, 2.05) is 36.8 Å². The van der Waals surface area contributed by atoms with E-state index < -0.39 is 0 Å². The number of nitrogens with one attached hydrogen (secondary N) is 1. The third-order valence-corrected chi connectivity index (χ3v) is 3.12. The molecule has 0 aliphatic carbocycles. The lowest BCUT2D eigenvalue weighted by Gasteiger charge is -2.07. The van der Waals surface area contributed by atoms with E-state index in [1.54, 1.807) is 0 Å². The standard InChI is InChI=1S/C16H15N3/c1-2-8-19-15(6-1)12-18-11-14-5-3-4-13-10-17-9-7-16(13)14/h1-10,18H,11-12H2. The number of benzene rings is 1. The average Bonchev–Trinajstić information content (AvgIpc) is 2.49. The van der Waals surface area contributed by atoms with Crippen molar-refractivity contribution in [2.45, 2.75) is 13.1 Å². The summed E-state index contributed by atoms with van der Waals surface area (Å²) in [6.07, 6.45) is 5.56. The highest BCUT2D eigenvalue weighted by Crippen LogP contribution is 2.17. The van der Waals surface area contributed by atoms with Crippen molar-refractivity contribution in [3.05, 3.63) is 72.3 Å². The number of hydrogen-bond donors (Lipinski definition) is 1. The van der Waals surface area contributed by atoms with Gasteiger partial charge in [-0.2, -0.15) is 0 Å². The van der Waals surface area contributed by atoms with E-state index in [9.17, 15) is 0 Å². The first kappa shape index (κ1) is 11.8. The SMILES string of the molecule is c1ccc(CNCc2cccc3cnccc23)nc1. The lowest BCUT2D eigenvalue weighted by Crippen LogP contribution is -2.13. The fraction of sp³-hybridized carbons (Fsp3) is 0.125. The number of rotatable bonds is 4. The van der Waals surface area contributed by atoms with Crippen LogP contribution in [0.3, 0.4) is 0 Å². The normalized spacial score (nSPS) is 10.7. The molecule has 2 aromatic heterocycles. The topological polar surface area (TPSA) is 37.8 Å². The first-order valence-electron chi connectivity index (χ1n) is 6.36. The molecule has 0 aliphatic heterocycles. The zero-order valence-electron chi connectivity index (χ0n) is 10.6. The number of aromatic nitrogens is 2. The van der Waals surface area contributed by atoms with Gasteiger partial charge in [0.15, 0.2) is 0 Å². The van der Waals surface area contributed by atoms with Crippen molar-refractivity contribution < 1.29 is 0 Å². The minimum atomic E-state index is 0.780. The first-order valence-corrected chi connectivity index (χ1v) is 6.36. The molecule has 0 amide bonds. The van der Waals surface area contributed by atoms with Crippen molar-refractivity contribution in [3.8, 4) is 0 Å². The Morgan fingerprint density at radius 2 is 1.89 bits per heavy atom. The molecule has 0 unspecified atom stereocenters. The van der Waals surface area contributed by atoms with Gasteiger partial charge in [0.1, 0.15) is 0 Å². The molecule has 0 fully saturated rings. The molecule has 0 aliphatic rings. The van der Waals surface area contributed by atoms with E-state index in [2.05, 4.69) is 39.6 Å². The highest BCUT2D eigenvalue weighted by atomic mass is 14.9. The molecule has 0 saturated carbocycles. The summed E-state index contributed by atoms with van der Waals surface area (Å²) in [4.78, 5) is 8.45. The molecule has 94 valence electrons. The quantitative estimate of drug-likeness (QED) is 0.772. The molecule has 0 bridgehead atoms. The number of nitrogens with zero attached hydrogens (tertiary/aromatic N) is 2. The van der Waals surface area contributed by atoms with Gasteiger partial charge in [-0.15, -0.1) is 0 Å². The van der Waals surface area contributed by atoms with Crippen LogP contribution in [0.5, 0.6) is 0 Å². The lowest BCUT2D eigenvalue weighted by atomic mass is 10.1. The summed E-state index contributed by atoms with van der Waals surface area (Å²) in [5.41, 5.74) is 2.35. The summed E-state index contributed by atoms with van der Waals surface area (Å²) in [6, 6.07) is 14.3. The Labute approximate surface area is 112 Å². The Bertz CT molecular complexity index is 660. The molecule has 3 rings (SSSR count). The molecule has 0 saturated heterocycles. The van der Waals surface area contributed by atoms with Crippen molar-refractivity contribution >= 4 is 10.8 Å². The van der Waals surface area contributed by atoms with E-state index in [0.29, 0.717) is 0 Å². The Kier molecular flexibility index (Phi) is 3.47. The van der Waals surface area contributed by atoms with Crippen molar-refractivity contribution in [1.29, 1.82) is 0 Å². The zero-order valence-corrected chi connectivity index (χ0v) is 10.6. The molecule has 0 atom stereocenters. The van der Waals surface area contributed by atoms with Gasteiger partial charge in [-0.3, -0.25) is 9.97 Å². The number of hydrogen-bond acceptors (Lipinski definition) is 3. The Morgan fingerprint density at radius 1 is 0.895 bits per heavy atom. The predicted octanol–water partition coefficient (Wildman–Crippen LogP) is 2.92. The van der Waals surface area contributed by atoms with Crippen molar-refractivity contribution in [1.82, 2.24) is 15.3 Å². The second kappa shape index (κ2) is 5.59. The second-order valence-electron chi connectivity index (χ2n) is 4.44. The number of fused-ring (bicyclic) bond motifs is 1. The minimum Gasteiger partial charge on any atom is -0.307 e. The summed E-state index contributed by atoms with van der Waals surface area (Å²) in [7, 11) is 0. The van der Waals surface area contributed by atoms with Gasteiger partial charge in [0.05, 0.1) is 5.69 Å².